The molecule has 3 heterocycles. The molecule has 2 aliphatic carbocycles. The van der Waals surface area contributed by atoms with Crippen molar-refractivity contribution in [3.05, 3.63) is 51.2 Å². The molecule has 0 radical (unpaired) electrons. The number of nitriles is 4. The molecule has 0 saturated heterocycles. The van der Waals surface area contributed by atoms with Crippen LogP contribution in [0.2, 0.25) is 0 Å². The maximum Gasteiger partial charge on any atom is 0.574 e. The van der Waals surface area contributed by atoms with Crippen molar-refractivity contribution in [2.75, 3.05) is 0 Å². The van der Waals surface area contributed by atoms with Crippen LogP contribution in [0, 0.1) is 45.3 Å². The van der Waals surface area contributed by atoms with Crippen LogP contribution in [0.5, 0.6) is 11.8 Å². The van der Waals surface area contributed by atoms with Gasteiger partial charge in [0, 0.05) is 21.6 Å². The fourth-order valence-electron chi connectivity index (χ4n) is 4.79. The molecule has 0 bridgehead atoms. The van der Waals surface area contributed by atoms with Crippen molar-refractivity contribution in [2.24, 2.45) is 0 Å². The van der Waals surface area contributed by atoms with Crippen molar-refractivity contribution in [2.45, 2.75) is 30.3 Å². The molecule has 0 amide bonds. The Hall–Kier alpha value is -5.13. The van der Waals surface area contributed by atoms with Crippen LogP contribution in [0.25, 0.3) is 16.7 Å². The fraction of sp³-hybridized carbons (Fsp3) is 0.217. The highest BCUT2D eigenvalue weighted by molar-refractivity contribution is 8.05. The largest absolute Gasteiger partial charge is 0.574 e. The van der Waals surface area contributed by atoms with Gasteiger partial charge >= 0.3 is 12.7 Å². The van der Waals surface area contributed by atoms with E-state index in [0.29, 0.717) is 12.4 Å². The molecule has 3 aliphatic rings. The number of rotatable bonds is 2. The van der Waals surface area contributed by atoms with Crippen LogP contribution < -0.4 is 9.47 Å². The summed E-state index contributed by atoms with van der Waals surface area (Å²) >= 11 is 0.910. The summed E-state index contributed by atoms with van der Waals surface area (Å²) < 4.78 is 84.9. The summed E-state index contributed by atoms with van der Waals surface area (Å²) in [5.74, 6) is -1.93. The predicted molar refractivity (Wildman–Crippen MR) is 119 cm³/mol. The van der Waals surface area contributed by atoms with E-state index in [4.69, 9.17) is 0 Å². The van der Waals surface area contributed by atoms with Gasteiger partial charge in [-0.2, -0.15) is 21.0 Å². The van der Waals surface area contributed by atoms with Crippen LogP contribution in [-0.2, 0) is 5.41 Å². The van der Waals surface area contributed by atoms with Gasteiger partial charge in [0.05, 0.1) is 40.1 Å². The van der Waals surface area contributed by atoms with E-state index in [1.165, 1.54) is 0 Å². The molecular formula is C23H6F6N8O2S. The Morgan fingerprint density at radius 1 is 0.825 bits per heavy atom. The Balaban J connectivity index is 1.80. The van der Waals surface area contributed by atoms with E-state index in [9.17, 15) is 47.4 Å². The van der Waals surface area contributed by atoms with Gasteiger partial charge in [-0.3, -0.25) is 4.98 Å². The number of alkyl halides is 6. The normalized spacial score (nSPS) is 20.3. The number of hydrogen-bond acceptors (Lipinski definition) is 11. The molecule has 17 heteroatoms. The quantitative estimate of drug-likeness (QED) is 0.368. The molecule has 10 nitrogen and oxygen atoms in total. The van der Waals surface area contributed by atoms with Crippen molar-refractivity contribution >= 4 is 28.5 Å². The third-order valence-electron chi connectivity index (χ3n) is 6.12. The van der Waals surface area contributed by atoms with Gasteiger partial charge in [-0.15, -0.1) is 38.1 Å². The van der Waals surface area contributed by atoms with E-state index in [-0.39, 0.29) is 44.4 Å². The maximum absolute atomic E-state index is 12.9. The van der Waals surface area contributed by atoms with Crippen molar-refractivity contribution in [1.82, 2.24) is 19.9 Å². The minimum atomic E-state index is -5.12. The van der Waals surface area contributed by atoms with Crippen molar-refractivity contribution in [3.8, 4) is 36.0 Å². The lowest BCUT2D eigenvalue weighted by atomic mass is 9.78. The topological polar surface area (TPSA) is 165 Å². The third kappa shape index (κ3) is 3.87. The second-order valence-electron chi connectivity index (χ2n) is 8.30. The highest BCUT2D eigenvalue weighted by Crippen LogP contribution is 2.69. The Bertz CT molecular complexity index is 1750. The first-order chi connectivity index (χ1) is 18.8. The number of halogens is 6. The average molecular weight is 572 g/mol. The zero-order chi connectivity index (χ0) is 29.2. The lowest BCUT2D eigenvalue weighted by molar-refractivity contribution is -0.277. The molecular weight excluding hydrogens is 566 g/mol. The van der Waals surface area contributed by atoms with Gasteiger partial charge < -0.3 is 9.47 Å². The van der Waals surface area contributed by atoms with Crippen LogP contribution in [-0.4, -0.2) is 37.9 Å². The molecule has 0 N–H and O–H groups in total. The Labute approximate surface area is 223 Å². The number of hydrogen-bond donors (Lipinski definition) is 0. The first kappa shape index (κ1) is 26.5. The molecule has 0 saturated carbocycles. The van der Waals surface area contributed by atoms with Gasteiger partial charge in [0.2, 0.25) is 11.8 Å². The number of aromatic nitrogens is 4. The summed E-state index contributed by atoms with van der Waals surface area (Å²) in [6.45, 7) is 1.55. The predicted octanol–water partition coefficient (Wildman–Crippen LogP) is 4.48. The first-order valence-corrected chi connectivity index (χ1v) is 11.4. The monoisotopic (exact) mass is 572 g/mol. The van der Waals surface area contributed by atoms with E-state index < -0.39 is 46.3 Å². The van der Waals surface area contributed by atoms with Gasteiger partial charge in [-0.05, 0) is 6.92 Å². The molecule has 5 rings (SSSR count). The molecule has 198 valence electrons. The van der Waals surface area contributed by atoms with Gasteiger partial charge in [0.1, 0.15) is 41.1 Å². The summed E-state index contributed by atoms with van der Waals surface area (Å²) in [5, 5.41) is 37.5. The number of fused-ring (bicyclic) bond motifs is 6. The number of allylic oxidation sites excluding steroid dienone is 4. The number of nitrogens with zero attached hydrogens (tertiary/aromatic N) is 8. The van der Waals surface area contributed by atoms with Crippen molar-refractivity contribution in [1.29, 1.82) is 21.0 Å². The van der Waals surface area contributed by atoms with E-state index in [1.54, 1.807) is 31.2 Å². The van der Waals surface area contributed by atoms with Gasteiger partial charge in [-0.1, -0.05) is 0 Å². The summed E-state index contributed by atoms with van der Waals surface area (Å²) in [5.41, 5.74) is -3.00. The fourth-order valence-corrected chi connectivity index (χ4v) is 6.58. The smallest absolute Gasteiger partial charge is 0.386 e. The van der Waals surface area contributed by atoms with Crippen molar-refractivity contribution < 1.29 is 35.8 Å². The molecule has 2 unspecified atom stereocenters. The molecule has 2 atom stereocenters. The van der Waals surface area contributed by atoms with E-state index in [2.05, 4.69) is 29.4 Å². The molecule has 2 aromatic rings. The second-order valence-corrected chi connectivity index (χ2v) is 9.41. The summed E-state index contributed by atoms with van der Waals surface area (Å²) in [6, 6.07) is 6.72. The Morgan fingerprint density at radius 2 is 1.35 bits per heavy atom. The first-order valence-electron chi connectivity index (χ1n) is 10.5. The van der Waals surface area contributed by atoms with Crippen molar-refractivity contribution in [3.63, 3.8) is 0 Å². The van der Waals surface area contributed by atoms with Crippen LogP contribution in [0.4, 0.5) is 26.3 Å². The van der Waals surface area contributed by atoms with Crippen LogP contribution >= 0.6 is 11.8 Å². The molecule has 40 heavy (non-hydrogen) atoms. The SMILES string of the molecule is CC12C3=C(SC1C(=C(C#N)C#N)c1nc(OC(F)(F)F)cnc12)C(=C(C#N)C#N)c1nc(OC(F)(F)F)cnc13. The van der Waals surface area contributed by atoms with Gasteiger partial charge in [-0.25, -0.2) is 15.0 Å². The average Bonchev–Trinajstić information content (AvgIpc) is 3.41. The highest BCUT2D eigenvalue weighted by atomic mass is 32.2. The second kappa shape index (κ2) is 8.70. The minimum Gasteiger partial charge on any atom is -0.386 e. The highest BCUT2D eigenvalue weighted by Gasteiger charge is 2.61. The molecule has 0 spiro atoms. The molecule has 1 aliphatic heterocycles. The van der Waals surface area contributed by atoms with Crippen LogP contribution in [0.3, 0.4) is 0 Å². The summed E-state index contributed by atoms with van der Waals surface area (Å²) in [7, 11) is 0. The zero-order valence-electron chi connectivity index (χ0n) is 19.3. The Morgan fingerprint density at radius 3 is 1.88 bits per heavy atom. The summed E-state index contributed by atoms with van der Waals surface area (Å²) in [6.07, 6.45) is -8.88. The molecule has 2 aromatic heterocycles. The van der Waals surface area contributed by atoms with Crippen LogP contribution in [0.1, 0.15) is 29.7 Å². The van der Waals surface area contributed by atoms with E-state index in [1.807, 2.05) is 0 Å². The zero-order valence-corrected chi connectivity index (χ0v) is 20.1. The molecule has 0 fully saturated rings. The van der Waals surface area contributed by atoms with Crippen LogP contribution in [0.15, 0.2) is 28.4 Å². The molecule has 0 aromatic carbocycles. The van der Waals surface area contributed by atoms with E-state index in [0.717, 1.165) is 11.8 Å². The number of ether oxygens (including phenoxy) is 2. The summed E-state index contributed by atoms with van der Waals surface area (Å²) in [4.78, 5) is 16.1. The maximum atomic E-state index is 12.9. The van der Waals surface area contributed by atoms with Gasteiger partial charge in [0.15, 0.2) is 0 Å². The standard InChI is InChI=1S/C23H6F6N8O2S/c1-21-14-17-15(36-10(6-34-17)38-22(24,25)26)12(8(2-30)3-31)18(14)40-20(21)13(9(4-32)5-33)16-19(21)35-7-11(37-16)39-23(27,28)29/h6-7,20H,1H3. The minimum absolute atomic E-state index is 0.00241. The van der Waals surface area contributed by atoms with E-state index >= 15 is 0 Å². The Kier molecular flexibility index (Phi) is 5.76. The lowest BCUT2D eigenvalue weighted by Crippen LogP contribution is -2.30. The van der Waals surface area contributed by atoms with Gasteiger partial charge in [0.25, 0.3) is 0 Å². The lowest BCUT2D eigenvalue weighted by Gasteiger charge is -2.27. The third-order valence-corrected chi connectivity index (χ3v) is 7.71. The number of thioether (sulfide) groups is 1.